The van der Waals surface area contributed by atoms with Crippen molar-refractivity contribution in [3.63, 3.8) is 0 Å². The molecule has 4 nitrogen and oxygen atoms in total. The number of hydrogen-bond acceptors (Lipinski definition) is 3. The number of amides is 1. The Morgan fingerprint density at radius 3 is 2.71 bits per heavy atom. The van der Waals surface area contributed by atoms with Crippen LogP contribution in [0.3, 0.4) is 0 Å². The molecule has 0 spiro atoms. The van der Waals surface area contributed by atoms with Crippen molar-refractivity contribution >= 4 is 5.91 Å². The molecule has 1 aliphatic rings. The number of aliphatic hydroxyl groups is 1. The van der Waals surface area contributed by atoms with Gasteiger partial charge in [-0.25, -0.2) is 0 Å². The van der Waals surface area contributed by atoms with Gasteiger partial charge in [0.15, 0.2) is 0 Å². The number of aliphatic hydroxyl groups excluding tert-OH is 1. The van der Waals surface area contributed by atoms with Crippen molar-refractivity contribution in [1.82, 2.24) is 5.32 Å². The van der Waals surface area contributed by atoms with Crippen molar-refractivity contribution < 1.29 is 9.90 Å². The third-order valence-electron chi connectivity index (χ3n) is 2.76. The number of nitrogens with two attached hydrogens (primary N) is 1. The first-order valence-corrected chi connectivity index (χ1v) is 5.35. The minimum absolute atomic E-state index is 0.154. The fourth-order valence-corrected chi connectivity index (χ4v) is 2.08. The Bertz CT molecular complexity index is 179. The Hall–Kier alpha value is -0.610. The van der Waals surface area contributed by atoms with Gasteiger partial charge in [0, 0.05) is 6.54 Å². The van der Waals surface area contributed by atoms with Gasteiger partial charge in [0.2, 0.25) is 5.91 Å². The first-order chi connectivity index (χ1) is 6.68. The molecule has 0 saturated heterocycles. The molecule has 0 heterocycles. The molecule has 0 aliphatic heterocycles. The third kappa shape index (κ3) is 4.58. The van der Waals surface area contributed by atoms with E-state index >= 15 is 0 Å². The van der Waals surface area contributed by atoms with Crippen molar-refractivity contribution in [2.75, 3.05) is 13.1 Å². The molecule has 14 heavy (non-hydrogen) atoms. The summed E-state index contributed by atoms with van der Waals surface area (Å²) in [5.41, 5.74) is 4.96. The lowest BCUT2D eigenvalue weighted by Gasteiger charge is -2.15. The summed E-state index contributed by atoms with van der Waals surface area (Å²) in [5, 5.41) is 12.4. The lowest BCUT2D eigenvalue weighted by molar-refractivity contribution is -0.117. The van der Waals surface area contributed by atoms with Gasteiger partial charge < -0.3 is 16.2 Å². The lowest BCUT2D eigenvalue weighted by atomic mass is 10.0. The van der Waals surface area contributed by atoms with E-state index in [2.05, 4.69) is 5.32 Å². The molecule has 0 bridgehead atoms. The molecule has 4 heteroatoms. The molecular weight excluding hydrogens is 180 g/mol. The molecule has 1 unspecified atom stereocenters. The standard InChI is InChI=1S/C10H20N2O2/c11-10(14)7-12-6-9(13)5-8-3-1-2-4-8/h8-9,12-13H,1-7H2,(H2,11,14). The number of nitrogens with one attached hydrogen (secondary N) is 1. The predicted octanol–water partition coefficient (Wildman–Crippen LogP) is 0.00250. The van der Waals surface area contributed by atoms with Crippen LogP contribution in [0.2, 0.25) is 0 Å². The second-order valence-electron chi connectivity index (χ2n) is 4.14. The van der Waals surface area contributed by atoms with Gasteiger partial charge in [0.1, 0.15) is 0 Å². The molecular formula is C10H20N2O2. The van der Waals surface area contributed by atoms with Crippen LogP contribution in [0, 0.1) is 5.92 Å². The number of carbonyl (C=O) groups excluding carboxylic acids is 1. The van der Waals surface area contributed by atoms with Crippen LogP contribution < -0.4 is 11.1 Å². The molecule has 1 amide bonds. The van der Waals surface area contributed by atoms with Gasteiger partial charge in [-0.15, -0.1) is 0 Å². The average Bonchev–Trinajstić information content (AvgIpc) is 2.56. The zero-order valence-corrected chi connectivity index (χ0v) is 8.54. The zero-order chi connectivity index (χ0) is 10.4. The topological polar surface area (TPSA) is 75.4 Å². The highest BCUT2D eigenvalue weighted by atomic mass is 16.3. The highest BCUT2D eigenvalue weighted by molar-refractivity contribution is 5.75. The summed E-state index contributed by atoms with van der Waals surface area (Å²) in [6.07, 6.45) is 5.60. The summed E-state index contributed by atoms with van der Waals surface area (Å²) in [5.74, 6) is 0.304. The van der Waals surface area contributed by atoms with E-state index in [0.717, 1.165) is 6.42 Å². The molecule has 0 aromatic heterocycles. The Morgan fingerprint density at radius 1 is 1.50 bits per heavy atom. The minimum Gasteiger partial charge on any atom is -0.392 e. The van der Waals surface area contributed by atoms with Crippen LogP contribution in [0.4, 0.5) is 0 Å². The first kappa shape index (κ1) is 11.5. The number of carbonyl (C=O) groups is 1. The third-order valence-corrected chi connectivity index (χ3v) is 2.76. The van der Waals surface area contributed by atoms with Crippen LogP contribution in [0.5, 0.6) is 0 Å². The normalized spacial score (nSPS) is 19.8. The predicted molar refractivity (Wildman–Crippen MR) is 54.6 cm³/mol. The van der Waals surface area contributed by atoms with E-state index in [1.807, 2.05) is 0 Å². The van der Waals surface area contributed by atoms with E-state index in [4.69, 9.17) is 5.73 Å². The number of hydrogen-bond donors (Lipinski definition) is 3. The Balaban J connectivity index is 2.03. The maximum absolute atomic E-state index is 10.4. The summed E-state index contributed by atoms with van der Waals surface area (Å²) in [4.78, 5) is 10.4. The van der Waals surface area contributed by atoms with Crippen LogP contribution in [0.15, 0.2) is 0 Å². The number of rotatable bonds is 6. The van der Waals surface area contributed by atoms with Crippen LogP contribution >= 0.6 is 0 Å². The summed E-state index contributed by atoms with van der Waals surface area (Å²) >= 11 is 0. The molecule has 0 aromatic rings. The summed E-state index contributed by atoms with van der Waals surface area (Å²) in [6.45, 7) is 0.626. The average molecular weight is 200 g/mol. The lowest BCUT2D eigenvalue weighted by Crippen LogP contribution is -2.34. The van der Waals surface area contributed by atoms with Gasteiger partial charge >= 0.3 is 0 Å². The Morgan fingerprint density at radius 2 is 2.14 bits per heavy atom. The van der Waals surface area contributed by atoms with Gasteiger partial charge in [-0.2, -0.15) is 0 Å². The maximum atomic E-state index is 10.4. The quantitative estimate of drug-likeness (QED) is 0.565. The number of primary amides is 1. The highest BCUT2D eigenvalue weighted by Crippen LogP contribution is 2.28. The maximum Gasteiger partial charge on any atom is 0.231 e. The highest BCUT2D eigenvalue weighted by Gasteiger charge is 2.18. The van der Waals surface area contributed by atoms with Gasteiger partial charge in [-0.3, -0.25) is 4.79 Å². The fraction of sp³-hybridized carbons (Fsp3) is 0.900. The second-order valence-corrected chi connectivity index (χ2v) is 4.14. The molecule has 1 fully saturated rings. The van der Waals surface area contributed by atoms with Crippen LogP contribution in [0.1, 0.15) is 32.1 Å². The SMILES string of the molecule is NC(=O)CNCC(O)CC1CCCC1. The van der Waals surface area contributed by atoms with Gasteiger partial charge in [-0.05, 0) is 12.3 Å². The van der Waals surface area contributed by atoms with E-state index in [1.165, 1.54) is 25.7 Å². The van der Waals surface area contributed by atoms with E-state index in [-0.39, 0.29) is 18.6 Å². The van der Waals surface area contributed by atoms with Crippen molar-refractivity contribution in [1.29, 1.82) is 0 Å². The van der Waals surface area contributed by atoms with Gasteiger partial charge in [0.05, 0.1) is 12.6 Å². The van der Waals surface area contributed by atoms with Crippen LogP contribution in [0.25, 0.3) is 0 Å². The van der Waals surface area contributed by atoms with Crippen molar-refractivity contribution in [2.24, 2.45) is 11.7 Å². The van der Waals surface area contributed by atoms with Crippen molar-refractivity contribution in [2.45, 2.75) is 38.2 Å². The summed E-state index contributed by atoms with van der Waals surface area (Å²) in [6, 6.07) is 0. The minimum atomic E-state index is -0.377. The molecule has 1 atom stereocenters. The van der Waals surface area contributed by atoms with Gasteiger partial charge in [-0.1, -0.05) is 25.7 Å². The summed E-state index contributed by atoms with van der Waals surface area (Å²) in [7, 11) is 0. The molecule has 0 aromatic carbocycles. The van der Waals surface area contributed by atoms with Crippen molar-refractivity contribution in [3.8, 4) is 0 Å². The second kappa shape index (κ2) is 5.98. The van der Waals surface area contributed by atoms with Crippen LogP contribution in [-0.4, -0.2) is 30.2 Å². The molecule has 1 aliphatic carbocycles. The molecule has 0 radical (unpaired) electrons. The molecule has 1 rings (SSSR count). The Kier molecular flexibility index (Phi) is 4.90. The van der Waals surface area contributed by atoms with E-state index in [0.29, 0.717) is 12.5 Å². The van der Waals surface area contributed by atoms with E-state index < -0.39 is 0 Å². The smallest absolute Gasteiger partial charge is 0.231 e. The zero-order valence-electron chi connectivity index (χ0n) is 8.54. The van der Waals surface area contributed by atoms with Gasteiger partial charge in [0.25, 0.3) is 0 Å². The first-order valence-electron chi connectivity index (χ1n) is 5.35. The van der Waals surface area contributed by atoms with Crippen molar-refractivity contribution in [3.05, 3.63) is 0 Å². The molecule has 1 saturated carbocycles. The van der Waals surface area contributed by atoms with E-state index in [1.54, 1.807) is 0 Å². The van der Waals surface area contributed by atoms with Crippen LogP contribution in [-0.2, 0) is 4.79 Å². The fourth-order valence-electron chi connectivity index (χ4n) is 2.08. The monoisotopic (exact) mass is 200 g/mol. The Labute approximate surface area is 84.9 Å². The summed E-state index contributed by atoms with van der Waals surface area (Å²) < 4.78 is 0. The molecule has 82 valence electrons. The molecule has 4 N–H and O–H groups in total. The largest absolute Gasteiger partial charge is 0.392 e. The van der Waals surface area contributed by atoms with E-state index in [9.17, 15) is 9.90 Å².